The Morgan fingerprint density at radius 2 is 0.423 bits per heavy atom. The molecule has 2 heteroatoms. The first-order valence-corrected chi connectivity index (χ1v) is 25.6. The van der Waals surface area contributed by atoms with Crippen molar-refractivity contribution in [2.24, 2.45) is 0 Å². The van der Waals surface area contributed by atoms with E-state index in [0.29, 0.717) is 0 Å². The molecule has 0 bridgehead atoms. The highest BCUT2D eigenvalue weighted by atomic mass is 33.1. The first kappa shape index (κ1) is 50.9. The molecular formula is C50H86S2. The molecule has 0 rings (SSSR count). The zero-order chi connectivity index (χ0) is 37.4. The quantitative estimate of drug-likeness (QED) is 0.0349. The maximum absolute atomic E-state index is 3.26. The molecule has 0 aromatic rings. The molecule has 0 unspecified atom stereocenters. The minimum Gasteiger partial charge on any atom is -0.0942 e. The van der Waals surface area contributed by atoms with E-state index in [9.17, 15) is 0 Å². The maximum atomic E-state index is 3.26. The van der Waals surface area contributed by atoms with Gasteiger partial charge in [-0.2, -0.15) is 0 Å². The Morgan fingerprint density at radius 3 is 0.654 bits per heavy atom. The maximum Gasteiger partial charge on any atom is 0.00989 e. The molecule has 0 amide bonds. The molecule has 0 saturated heterocycles. The van der Waals surface area contributed by atoms with Crippen LogP contribution in [0.5, 0.6) is 0 Å². The minimum atomic E-state index is 1.02. The molecule has 0 saturated carbocycles. The molecule has 298 valence electrons. The highest BCUT2D eigenvalue weighted by Crippen LogP contribution is 2.25. The van der Waals surface area contributed by atoms with Crippen LogP contribution in [-0.2, 0) is 0 Å². The predicted molar refractivity (Wildman–Crippen MR) is 243 cm³/mol. The largest absolute Gasteiger partial charge is 0.0942 e. The monoisotopic (exact) mass is 751 g/mol. The van der Waals surface area contributed by atoms with Crippen LogP contribution in [0, 0.1) is 47.4 Å². The van der Waals surface area contributed by atoms with Gasteiger partial charge in [-0.25, -0.2) is 0 Å². The standard InChI is InChI=1S/C50H86S2/c1-3-5-7-9-11-13-15-17-19-21-23-25-27-29-31-33-35-37-39-41-43-45-47-49-51-52-50-48-46-44-42-40-38-36-34-32-30-28-26-24-22-20-18-16-14-12-10-8-6-4-2/h3-24,33-50H2,1-2H3. The molecule has 0 fully saturated rings. The minimum absolute atomic E-state index is 1.02. The van der Waals surface area contributed by atoms with Crippen LogP contribution in [0.25, 0.3) is 0 Å². The van der Waals surface area contributed by atoms with Crippen molar-refractivity contribution < 1.29 is 0 Å². The van der Waals surface area contributed by atoms with Gasteiger partial charge in [-0.3, -0.25) is 0 Å². The lowest BCUT2D eigenvalue weighted by Crippen LogP contribution is -1.84. The van der Waals surface area contributed by atoms with E-state index in [0.717, 1.165) is 25.7 Å². The van der Waals surface area contributed by atoms with Crippen molar-refractivity contribution in [1.29, 1.82) is 0 Å². The molecule has 0 spiro atoms. The number of unbranched alkanes of at least 4 members (excludes halogenated alkanes) is 34. The summed E-state index contributed by atoms with van der Waals surface area (Å²) >= 11 is 0. The summed E-state index contributed by atoms with van der Waals surface area (Å²) in [6.07, 6.45) is 50.9. The SMILES string of the molecule is CCCCCCCCCCCCC#CC#CCCCCCCCCCSSCCCCCCCCCC#CC#CCCCCCCCCCCCC. The van der Waals surface area contributed by atoms with Gasteiger partial charge in [-0.15, -0.1) is 0 Å². The van der Waals surface area contributed by atoms with E-state index in [1.807, 2.05) is 0 Å². The van der Waals surface area contributed by atoms with Crippen LogP contribution < -0.4 is 0 Å². The Bertz CT molecular complexity index is 858. The Labute approximate surface area is 336 Å². The highest BCUT2D eigenvalue weighted by Gasteiger charge is 1.97. The van der Waals surface area contributed by atoms with Gasteiger partial charge in [0.05, 0.1) is 0 Å². The van der Waals surface area contributed by atoms with Crippen LogP contribution in [0.2, 0.25) is 0 Å². The Kier molecular flexibility index (Phi) is 48.9. The molecule has 0 aliphatic heterocycles. The van der Waals surface area contributed by atoms with Gasteiger partial charge < -0.3 is 0 Å². The number of hydrogen-bond donors (Lipinski definition) is 0. The van der Waals surface area contributed by atoms with Crippen molar-refractivity contribution in [2.45, 2.75) is 258 Å². The average Bonchev–Trinajstić information content (AvgIpc) is 3.16. The third-order valence-electron chi connectivity index (χ3n) is 9.93. The fraction of sp³-hybridized carbons (Fsp3) is 0.840. The van der Waals surface area contributed by atoms with Gasteiger partial charge in [0.25, 0.3) is 0 Å². The Balaban J connectivity index is 3.24. The topological polar surface area (TPSA) is 0 Å². The Hall–Kier alpha value is -1.06. The molecule has 0 heterocycles. The molecule has 0 aliphatic rings. The summed E-state index contributed by atoms with van der Waals surface area (Å²) in [4.78, 5) is 0. The second kappa shape index (κ2) is 49.9. The first-order chi connectivity index (χ1) is 25.9. The van der Waals surface area contributed by atoms with Crippen LogP contribution in [0.1, 0.15) is 258 Å². The summed E-state index contributed by atoms with van der Waals surface area (Å²) in [7, 11) is 4.21. The van der Waals surface area contributed by atoms with Crippen molar-refractivity contribution in [3.63, 3.8) is 0 Å². The second-order valence-corrected chi connectivity index (χ2v) is 17.9. The smallest absolute Gasteiger partial charge is 0.00989 e. The lowest BCUT2D eigenvalue weighted by molar-refractivity contribution is 0.558. The zero-order valence-corrected chi connectivity index (χ0v) is 36.7. The molecule has 0 radical (unpaired) electrons. The summed E-state index contributed by atoms with van der Waals surface area (Å²) in [5.74, 6) is 28.0. The van der Waals surface area contributed by atoms with Gasteiger partial charge in [0, 0.05) is 37.2 Å². The summed E-state index contributed by atoms with van der Waals surface area (Å²) < 4.78 is 0. The van der Waals surface area contributed by atoms with Gasteiger partial charge in [0.1, 0.15) is 0 Å². The Morgan fingerprint density at radius 1 is 0.231 bits per heavy atom. The third-order valence-corrected chi connectivity index (χ3v) is 12.5. The van der Waals surface area contributed by atoms with Crippen LogP contribution in [0.15, 0.2) is 0 Å². The average molecular weight is 751 g/mol. The van der Waals surface area contributed by atoms with Gasteiger partial charge in [-0.05, 0) is 62.2 Å². The van der Waals surface area contributed by atoms with E-state index in [1.165, 1.54) is 230 Å². The lowest BCUT2D eigenvalue weighted by Gasteiger charge is -2.03. The van der Waals surface area contributed by atoms with Crippen LogP contribution in [0.4, 0.5) is 0 Å². The lowest BCUT2D eigenvalue weighted by atomic mass is 10.1. The number of hydrogen-bond acceptors (Lipinski definition) is 2. The van der Waals surface area contributed by atoms with Crippen molar-refractivity contribution >= 4 is 21.6 Å². The molecular weight excluding hydrogens is 665 g/mol. The fourth-order valence-electron chi connectivity index (χ4n) is 6.46. The third kappa shape index (κ3) is 48.9. The van der Waals surface area contributed by atoms with Gasteiger partial charge in [0.15, 0.2) is 0 Å². The molecule has 0 atom stereocenters. The van der Waals surface area contributed by atoms with E-state index in [-0.39, 0.29) is 0 Å². The first-order valence-electron chi connectivity index (χ1n) is 23.1. The van der Waals surface area contributed by atoms with Crippen LogP contribution >= 0.6 is 21.6 Å². The predicted octanol–water partition coefficient (Wildman–Crippen LogP) is 17.2. The van der Waals surface area contributed by atoms with Crippen molar-refractivity contribution in [1.82, 2.24) is 0 Å². The molecule has 52 heavy (non-hydrogen) atoms. The van der Waals surface area contributed by atoms with Crippen LogP contribution in [-0.4, -0.2) is 11.5 Å². The number of rotatable bonds is 39. The van der Waals surface area contributed by atoms with Gasteiger partial charge >= 0.3 is 0 Å². The van der Waals surface area contributed by atoms with Crippen LogP contribution in [0.3, 0.4) is 0 Å². The summed E-state index contributed by atoms with van der Waals surface area (Å²) in [5, 5.41) is 0. The van der Waals surface area contributed by atoms with Crippen molar-refractivity contribution in [2.75, 3.05) is 11.5 Å². The van der Waals surface area contributed by atoms with E-state index in [2.05, 4.69) is 82.8 Å². The van der Waals surface area contributed by atoms with Gasteiger partial charge in [0.2, 0.25) is 0 Å². The molecule has 0 nitrogen and oxygen atoms in total. The summed E-state index contributed by atoms with van der Waals surface area (Å²) in [5.41, 5.74) is 0. The summed E-state index contributed by atoms with van der Waals surface area (Å²) in [6, 6.07) is 0. The van der Waals surface area contributed by atoms with E-state index >= 15 is 0 Å². The van der Waals surface area contributed by atoms with E-state index < -0.39 is 0 Å². The zero-order valence-electron chi connectivity index (χ0n) is 35.1. The van der Waals surface area contributed by atoms with Gasteiger partial charge in [-0.1, -0.05) is 239 Å². The molecule has 0 aromatic carbocycles. The molecule has 0 N–H and O–H groups in total. The molecule has 0 aromatic heterocycles. The van der Waals surface area contributed by atoms with Crippen molar-refractivity contribution in [3.05, 3.63) is 0 Å². The fourth-order valence-corrected chi connectivity index (χ4v) is 8.76. The van der Waals surface area contributed by atoms with E-state index in [4.69, 9.17) is 0 Å². The highest BCUT2D eigenvalue weighted by molar-refractivity contribution is 8.76. The molecule has 0 aliphatic carbocycles. The normalized spacial score (nSPS) is 10.4. The second-order valence-electron chi connectivity index (χ2n) is 15.2. The van der Waals surface area contributed by atoms with Crippen molar-refractivity contribution in [3.8, 4) is 47.4 Å². The summed E-state index contributed by atoms with van der Waals surface area (Å²) in [6.45, 7) is 4.58. The van der Waals surface area contributed by atoms with E-state index in [1.54, 1.807) is 0 Å².